The highest BCUT2D eigenvalue weighted by Gasteiger charge is 1.99. The third-order valence-electron chi connectivity index (χ3n) is 2.40. The minimum absolute atomic E-state index is 0.547. The number of rotatable bonds is 4. The predicted octanol–water partition coefficient (Wildman–Crippen LogP) is 4.66. The second-order valence-corrected chi connectivity index (χ2v) is 5.36. The molecule has 0 unspecified atom stereocenters. The van der Waals surface area contributed by atoms with E-state index in [0.29, 0.717) is 13.2 Å². The Morgan fingerprint density at radius 1 is 0.941 bits per heavy atom. The summed E-state index contributed by atoms with van der Waals surface area (Å²) in [5, 5.41) is 0.759. The van der Waals surface area contributed by atoms with Crippen molar-refractivity contribution >= 4 is 34.2 Å². The van der Waals surface area contributed by atoms with E-state index in [1.54, 1.807) is 0 Å². The van der Waals surface area contributed by atoms with Crippen LogP contribution in [-0.4, -0.2) is 0 Å². The zero-order chi connectivity index (χ0) is 12.1. The van der Waals surface area contributed by atoms with E-state index in [1.807, 2.05) is 24.3 Å². The van der Waals surface area contributed by atoms with Crippen LogP contribution < -0.4 is 0 Å². The Hall–Kier alpha value is -0.580. The van der Waals surface area contributed by atoms with E-state index in [-0.39, 0.29) is 0 Å². The molecule has 88 valence electrons. The Morgan fingerprint density at radius 2 is 1.65 bits per heavy atom. The molecule has 0 aliphatic rings. The normalized spacial score (nSPS) is 10.5. The van der Waals surface area contributed by atoms with Crippen LogP contribution in [-0.2, 0) is 18.0 Å². The molecule has 0 N–H and O–H groups in total. The van der Waals surface area contributed by atoms with E-state index in [1.165, 1.54) is 9.13 Å². The number of hydrogen-bond acceptors (Lipinski definition) is 1. The summed E-state index contributed by atoms with van der Waals surface area (Å²) in [4.78, 5) is 0. The van der Waals surface area contributed by atoms with E-state index in [4.69, 9.17) is 16.3 Å². The molecule has 2 rings (SSSR count). The summed E-state index contributed by atoms with van der Waals surface area (Å²) < 4.78 is 6.87. The van der Waals surface area contributed by atoms with Crippen LogP contribution in [0.2, 0.25) is 5.02 Å². The van der Waals surface area contributed by atoms with Crippen molar-refractivity contribution in [1.29, 1.82) is 0 Å². The average molecular weight is 359 g/mol. The molecule has 0 atom stereocenters. The molecular weight excluding hydrogens is 347 g/mol. The van der Waals surface area contributed by atoms with Gasteiger partial charge in [0.15, 0.2) is 0 Å². The van der Waals surface area contributed by atoms with Gasteiger partial charge >= 0.3 is 0 Å². The van der Waals surface area contributed by atoms with Gasteiger partial charge in [-0.05, 0) is 51.9 Å². The highest BCUT2D eigenvalue weighted by atomic mass is 127. The molecule has 0 saturated heterocycles. The summed E-state index contributed by atoms with van der Waals surface area (Å²) in [5.74, 6) is 0. The second kappa shape index (κ2) is 6.38. The van der Waals surface area contributed by atoms with Crippen LogP contribution in [0.15, 0.2) is 48.5 Å². The molecule has 0 aromatic heterocycles. The molecule has 2 aromatic carbocycles. The Morgan fingerprint density at radius 3 is 2.35 bits per heavy atom. The van der Waals surface area contributed by atoms with E-state index >= 15 is 0 Å². The Bertz CT molecular complexity index is 482. The fourth-order valence-electron chi connectivity index (χ4n) is 1.47. The van der Waals surface area contributed by atoms with Crippen molar-refractivity contribution in [3.05, 3.63) is 68.3 Å². The Labute approximate surface area is 120 Å². The predicted molar refractivity (Wildman–Crippen MR) is 79.1 cm³/mol. The van der Waals surface area contributed by atoms with Crippen molar-refractivity contribution in [3.63, 3.8) is 0 Å². The summed E-state index contributed by atoms with van der Waals surface area (Å²) in [7, 11) is 0. The zero-order valence-electron chi connectivity index (χ0n) is 9.20. The molecule has 3 heteroatoms. The lowest BCUT2D eigenvalue weighted by molar-refractivity contribution is 0.107. The first kappa shape index (κ1) is 12.9. The van der Waals surface area contributed by atoms with Crippen molar-refractivity contribution in [2.24, 2.45) is 0 Å². The molecule has 0 fully saturated rings. The minimum Gasteiger partial charge on any atom is -0.372 e. The van der Waals surface area contributed by atoms with Gasteiger partial charge in [-0.2, -0.15) is 0 Å². The fourth-order valence-corrected chi connectivity index (χ4v) is 2.02. The number of hydrogen-bond donors (Lipinski definition) is 0. The van der Waals surface area contributed by atoms with Crippen LogP contribution in [0.25, 0.3) is 0 Å². The van der Waals surface area contributed by atoms with Gasteiger partial charge in [-0.1, -0.05) is 41.9 Å². The standard InChI is InChI=1S/C14H12ClIO/c15-14-4-2-1-3-12(14)10-17-9-11-5-7-13(16)8-6-11/h1-8H,9-10H2. The lowest BCUT2D eigenvalue weighted by Gasteiger charge is -2.06. The van der Waals surface area contributed by atoms with Crippen molar-refractivity contribution in [3.8, 4) is 0 Å². The number of halogens is 2. The third kappa shape index (κ3) is 3.98. The smallest absolute Gasteiger partial charge is 0.0735 e. The lowest BCUT2D eigenvalue weighted by Crippen LogP contribution is -1.94. The summed E-state index contributed by atoms with van der Waals surface area (Å²) >= 11 is 8.34. The van der Waals surface area contributed by atoms with Crippen LogP contribution in [0.4, 0.5) is 0 Å². The summed E-state index contributed by atoms with van der Waals surface area (Å²) in [6.45, 7) is 1.16. The fraction of sp³-hybridized carbons (Fsp3) is 0.143. The van der Waals surface area contributed by atoms with Crippen LogP contribution in [0.3, 0.4) is 0 Å². The van der Waals surface area contributed by atoms with E-state index < -0.39 is 0 Å². The van der Waals surface area contributed by atoms with Crippen molar-refractivity contribution in [2.45, 2.75) is 13.2 Å². The molecule has 0 radical (unpaired) electrons. The first-order valence-electron chi connectivity index (χ1n) is 5.31. The van der Waals surface area contributed by atoms with Gasteiger partial charge in [0.1, 0.15) is 0 Å². The highest BCUT2D eigenvalue weighted by molar-refractivity contribution is 14.1. The summed E-state index contributed by atoms with van der Waals surface area (Å²) in [5.41, 5.74) is 2.21. The van der Waals surface area contributed by atoms with Crippen LogP contribution in [0.5, 0.6) is 0 Å². The van der Waals surface area contributed by atoms with Gasteiger partial charge in [-0.25, -0.2) is 0 Å². The zero-order valence-corrected chi connectivity index (χ0v) is 12.1. The summed E-state index contributed by atoms with van der Waals surface area (Å²) in [6.07, 6.45) is 0. The molecule has 0 aliphatic heterocycles. The van der Waals surface area contributed by atoms with E-state index in [2.05, 4.69) is 46.9 Å². The van der Waals surface area contributed by atoms with Crippen LogP contribution >= 0.6 is 34.2 Å². The molecule has 0 amide bonds. The van der Waals surface area contributed by atoms with Gasteiger partial charge < -0.3 is 4.74 Å². The van der Waals surface area contributed by atoms with Gasteiger partial charge in [-0.3, -0.25) is 0 Å². The lowest BCUT2D eigenvalue weighted by atomic mass is 10.2. The number of ether oxygens (including phenoxy) is 1. The molecule has 17 heavy (non-hydrogen) atoms. The molecule has 0 spiro atoms. The molecule has 0 saturated carbocycles. The van der Waals surface area contributed by atoms with Crippen molar-refractivity contribution in [2.75, 3.05) is 0 Å². The average Bonchev–Trinajstić information content (AvgIpc) is 2.34. The maximum absolute atomic E-state index is 6.05. The van der Waals surface area contributed by atoms with Crippen molar-refractivity contribution < 1.29 is 4.74 Å². The maximum atomic E-state index is 6.05. The Kier molecular flexibility index (Phi) is 4.83. The molecular formula is C14H12ClIO. The van der Waals surface area contributed by atoms with Gasteiger partial charge in [0.25, 0.3) is 0 Å². The molecule has 0 heterocycles. The van der Waals surface area contributed by atoms with Crippen LogP contribution in [0, 0.1) is 3.57 Å². The highest BCUT2D eigenvalue weighted by Crippen LogP contribution is 2.16. The van der Waals surface area contributed by atoms with Crippen molar-refractivity contribution in [1.82, 2.24) is 0 Å². The second-order valence-electron chi connectivity index (χ2n) is 3.71. The maximum Gasteiger partial charge on any atom is 0.0735 e. The molecule has 2 aromatic rings. The van der Waals surface area contributed by atoms with Gasteiger partial charge in [0, 0.05) is 8.59 Å². The van der Waals surface area contributed by atoms with Gasteiger partial charge in [0.05, 0.1) is 13.2 Å². The topological polar surface area (TPSA) is 9.23 Å². The van der Waals surface area contributed by atoms with E-state index in [0.717, 1.165) is 10.6 Å². The molecule has 0 aliphatic carbocycles. The molecule has 0 bridgehead atoms. The number of benzene rings is 2. The Balaban J connectivity index is 1.88. The SMILES string of the molecule is Clc1ccccc1COCc1ccc(I)cc1. The monoisotopic (exact) mass is 358 g/mol. The van der Waals surface area contributed by atoms with E-state index in [9.17, 15) is 0 Å². The minimum atomic E-state index is 0.547. The largest absolute Gasteiger partial charge is 0.372 e. The van der Waals surface area contributed by atoms with Gasteiger partial charge in [-0.15, -0.1) is 0 Å². The molecule has 1 nitrogen and oxygen atoms in total. The third-order valence-corrected chi connectivity index (χ3v) is 3.49. The van der Waals surface area contributed by atoms with Crippen LogP contribution in [0.1, 0.15) is 11.1 Å². The summed E-state index contributed by atoms with van der Waals surface area (Å²) in [6, 6.07) is 16.1. The first-order valence-corrected chi connectivity index (χ1v) is 6.77. The first-order chi connectivity index (χ1) is 8.25. The quantitative estimate of drug-likeness (QED) is 0.722. The van der Waals surface area contributed by atoms with Gasteiger partial charge in [0.2, 0.25) is 0 Å².